The van der Waals surface area contributed by atoms with Gasteiger partial charge in [0.25, 0.3) is 0 Å². The molecule has 0 saturated heterocycles. The lowest BCUT2D eigenvalue weighted by Crippen LogP contribution is -2.23. The third-order valence-electron chi connectivity index (χ3n) is 2.17. The van der Waals surface area contributed by atoms with Crippen molar-refractivity contribution in [2.24, 2.45) is 0 Å². The second kappa shape index (κ2) is 7.37. The molecule has 0 aliphatic carbocycles. The van der Waals surface area contributed by atoms with Gasteiger partial charge >= 0.3 is 0 Å². The van der Waals surface area contributed by atoms with Crippen molar-refractivity contribution in [2.75, 3.05) is 18.9 Å². The van der Waals surface area contributed by atoms with E-state index in [0.29, 0.717) is 18.8 Å². The van der Waals surface area contributed by atoms with Crippen molar-refractivity contribution in [1.29, 1.82) is 0 Å². The molecule has 0 aliphatic rings. The molecule has 1 rings (SSSR count). The van der Waals surface area contributed by atoms with Gasteiger partial charge in [-0.1, -0.05) is 11.6 Å². The van der Waals surface area contributed by atoms with Crippen molar-refractivity contribution < 1.29 is 9.53 Å². The fourth-order valence-corrected chi connectivity index (χ4v) is 1.39. The van der Waals surface area contributed by atoms with Gasteiger partial charge in [0, 0.05) is 24.4 Å². The van der Waals surface area contributed by atoms with Gasteiger partial charge in [0.05, 0.1) is 6.61 Å². The fourth-order valence-electron chi connectivity index (χ4n) is 1.39. The summed E-state index contributed by atoms with van der Waals surface area (Å²) >= 11 is 0. The lowest BCUT2D eigenvalue weighted by molar-refractivity contribution is -0.116. The zero-order chi connectivity index (χ0) is 13.4. The molecular formula is C14H20N2O2. The number of amides is 1. The number of nitrogen functional groups attached to an aromatic ring is 1. The average Bonchev–Trinajstić information content (AvgIpc) is 2.27. The number of benzene rings is 1. The van der Waals surface area contributed by atoms with E-state index < -0.39 is 0 Å². The van der Waals surface area contributed by atoms with Crippen molar-refractivity contribution in [1.82, 2.24) is 5.32 Å². The highest BCUT2D eigenvalue weighted by Gasteiger charge is 1.97. The SMILES string of the molecule is CC(C)=CC(=O)NCCCOc1cccc(N)c1. The van der Waals surface area contributed by atoms with Gasteiger partial charge in [-0.25, -0.2) is 0 Å². The van der Waals surface area contributed by atoms with Gasteiger partial charge in [-0.3, -0.25) is 4.79 Å². The largest absolute Gasteiger partial charge is 0.493 e. The summed E-state index contributed by atoms with van der Waals surface area (Å²) in [5, 5.41) is 2.79. The zero-order valence-electron chi connectivity index (χ0n) is 10.9. The van der Waals surface area contributed by atoms with E-state index in [1.54, 1.807) is 12.1 Å². The van der Waals surface area contributed by atoms with Gasteiger partial charge in [0.15, 0.2) is 0 Å². The van der Waals surface area contributed by atoms with Crippen molar-refractivity contribution in [3.8, 4) is 5.75 Å². The molecule has 4 nitrogen and oxygen atoms in total. The molecule has 0 aliphatic heterocycles. The van der Waals surface area contributed by atoms with Gasteiger partial charge in [0.1, 0.15) is 5.75 Å². The molecule has 0 atom stereocenters. The van der Waals surface area contributed by atoms with Crippen LogP contribution in [0.5, 0.6) is 5.75 Å². The van der Waals surface area contributed by atoms with E-state index in [0.717, 1.165) is 17.7 Å². The molecule has 98 valence electrons. The molecule has 1 aromatic rings. The quantitative estimate of drug-likeness (QED) is 0.460. The van der Waals surface area contributed by atoms with Gasteiger partial charge < -0.3 is 15.8 Å². The Morgan fingerprint density at radius 3 is 2.89 bits per heavy atom. The maximum absolute atomic E-state index is 11.3. The molecule has 0 saturated carbocycles. The van der Waals surface area contributed by atoms with Crippen molar-refractivity contribution in [2.45, 2.75) is 20.3 Å². The first-order valence-corrected chi connectivity index (χ1v) is 5.99. The Labute approximate surface area is 108 Å². The highest BCUT2D eigenvalue weighted by Crippen LogP contribution is 2.14. The predicted octanol–water partition coefficient (Wildman–Crippen LogP) is 2.12. The van der Waals surface area contributed by atoms with Crippen LogP contribution in [-0.2, 0) is 4.79 Å². The smallest absolute Gasteiger partial charge is 0.243 e. The van der Waals surface area contributed by atoms with Crippen LogP contribution in [0.25, 0.3) is 0 Å². The summed E-state index contributed by atoms with van der Waals surface area (Å²) in [5.41, 5.74) is 7.31. The van der Waals surface area contributed by atoms with E-state index >= 15 is 0 Å². The molecule has 0 aromatic heterocycles. The number of hydrogen-bond acceptors (Lipinski definition) is 3. The van der Waals surface area contributed by atoms with Gasteiger partial charge in [-0.2, -0.15) is 0 Å². The van der Waals surface area contributed by atoms with E-state index in [4.69, 9.17) is 10.5 Å². The Kier molecular flexibility index (Phi) is 5.77. The predicted molar refractivity (Wildman–Crippen MR) is 73.4 cm³/mol. The molecule has 0 bridgehead atoms. The van der Waals surface area contributed by atoms with Crippen LogP contribution in [0.1, 0.15) is 20.3 Å². The Balaban J connectivity index is 2.16. The van der Waals surface area contributed by atoms with E-state index in [9.17, 15) is 4.79 Å². The van der Waals surface area contributed by atoms with Crippen LogP contribution in [0.3, 0.4) is 0 Å². The van der Waals surface area contributed by atoms with Crippen molar-refractivity contribution >= 4 is 11.6 Å². The Bertz CT molecular complexity index is 424. The van der Waals surface area contributed by atoms with Crippen LogP contribution in [0.2, 0.25) is 0 Å². The number of rotatable bonds is 6. The van der Waals surface area contributed by atoms with E-state index in [-0.39, 0.29) is 5.91 Å². The third-order valence-corrected chi connectivity index (χ3v) is 2.17. The summed E-state index contributed by atoms with van der Waals surface area (Å²) in [5.74, 6) is 0.699. The normalized spacial score (nSPS) is 9.67. The zero-order valence-corrected chi connectivity index (χ0v) is 10.9. The second-order valence-corrected chi connectivity index (χ2v) is 4.29. The number of carbonyl (C=O) groups is 1. The number of nitrogens with two attached hydrogens (primary N) is 1. The van der Waals surface area contributed by atoms with Gasteiger partial charge in [-0.15, -0.1) is 0 Å². The molecule has 0 heterocycles. The molecular weight excluding hydrogens is 228 g/mol. The molecule has 0 spiro atoms. The Hall–Kier alpha value is -1.97. The first kappa shape index (κ1) is 14.1. The van der Waals surface area contributed by atoms with Crippen LogP contribution in [0, 0.1) is 0 Å². The van der Waals surface area contributed by atoms with Crippen LogP contribution >= 0.6 is 0 Å². The second-order valence-electron chi connectivity index (χ2n) is 4.29. The summed E-state index contributed by atoms with van der Waals surface area (Å²) in [4.78, 5) is 11.3. The monoisotopic (exact) mass is 248 g/mol. The summed E-state index contributed by atoms with van der Waals surface area (Å²) in [6.45, 7) is 4.94. The van der Waals surface area contributed by atoms with E-state index in [1.807, 2.05) is 32.0 Å². The first-order valence-electron chi connectivity index (χ1n) is 5.99. The van der Waals surface area contributed by atoms with Crippen LogP contribution < -0.4 is 15.8 Å². The van der Waals surface area contributed by atoms with E-state index in [2.05, 4.69) is 5.32 Å². The number of carbonyl (C=O) groups excluding carboxylic acids is 1. The fraction of sp³-hybridized carbons (Fsp3) is 0.357. The molecule has 3 N–H and O–H groups in total. The Morgan fingerprint density at radius 1 is 1.44 bits per heavy atom. The lowest BCUT2D eigenvalue weighted by Gasteiger charge is -2.07. The molecule has 0 fully saturated rings. The highest BCUT2D eigenvalue weighted by atomic mass is 16.5. The molecule has 0 radical (unpaired) electrons. The third kappa shape index (κ3) is 5.94. The number of ether oxygens (including phenoxy) is 1. The minimum Gasteiger partial charge on any atom is -0.493 e. The number of allylic oxidation sites excluding steroid dienone is 1. The number of anilines is 1. The topological polar surface area (TPSA) is 64.3 Å². The van der Waals surface area contributed by atoms with Crippen LogP contribution in [-0.4, -0.2) is 19.1 Å². The van der Waals surface area contributed by atoms with E-state index in [1.165, 1.54) is 0 Å². The maximum Gasteiger partial charge on any atom is 0.243 e. The van der Waals surface area contributed by atoms with Crippen molar-refractivity contribution in [3.05, 3.63) is 35.9 Å². The minimum absolute atomic E-state index is 0.0565. The summed E-state index contributed by atoms with van der Waals surface area (Å²) in [6, 6.07) is 7.30. The molecule has 4 heteroatoms. The van der Waals surface area contributed by atoms with Crippen molar-refractivity contribution in [3.63, 3.8) is 0 Å². The maximum atomic E-state index is 11.3. The molecule has 18 heavy (non-hydrogen) atoms. The molecule has 1 aromatic carbocycles. The molecule has 0 unspecified atom stereocenters. The summed E-state index contributed by atoms with van der Waals surface area (Å²) in [7, 11) is 0. The number of hydrogen-bond donors (Lipinski definition) is 2. The standard InChI is InChI=1S/C14H20N2O2/c1-11(2)9-14(17)16-7-4-8-18-13-6-3-5-12(15)10-13/h3,5-6,9-10H,4,7-8,15H2,1-2H3,(H,16,17). The van der Waals surface area contributed by atoms with Crippen LogP contribution in [0.4, 0.5) is 5.69 Å². The lowest BCUT2D eigenvalue weighted by atomic mass is 10.3. The Morgan fingerprint density at radius 2 is 2.22 bits per heavy atom. The van der Waals surface area contributed by atoms with Gasteiger partial charge in [0.2, 0.25) is 5.91 Å². The summed E-state index contributed by atoms with van der Waals surface area (Å²) < 4.78 is 5.50. The molecule has 1 amide bonds. The first-order chi connectivity index (χ1) is 8.58. The van der Waals surface area contributed by atoms with Gasteiger partial charge in [-0.05, 0) is 32.4 Å². The summed E-state index contributed by atoms with van der Waals surface area (Å²) in [6.07, 6.45) is 2.34. The highest BCUT2D eigenvalue weighted by molar-refractivity contribution is 5.87. The number of nitrogens with one attached hydrogen (secondary N) is 1. The minimum atomic E-state index is -0.0565. The average molecular weight is 248 g/mol. The van der Waals surface area contributed by atoms with Crippen LogP contribution in [0.15, 0.2) is 35.9 Å².